The van der Waals surface area contributed by atoms with Crippen LogP contribution >= 0.6 is 23.2 Å². The molecule has 35 heavy (non-hydrogen) atoms. The van der Waals surface area contributed by atoms with Crippen LogP contribution in [-0.4, -0.2) is 16.4 Å². The summed E-state index contributed by atoms with van der Waals surface area (Å²) in [6.07, 6.45) is 0. The molecule has 1 aromatic heterocycles. The number of rotatable bonds is 5. The van der Waals surface area contributed by atoms with Crippen molar-refractivity contribution in [1.82, 2.24) is 4.57 Å². The molecule has 0 saturated heterocycles. The number of para-hydroxylation sites is 1. The Bertz CT molecular complexity index is 1640. The Balaban J connectivity index is 1.79. The highest BCUT2D eigenvalue weighted by Crippen LogP contribution is 2.37. The molecule has 0 aliphatic heterocycles. The second-order valence-electron chi connectivity index (χ2n) is 8.34. The van der Waals surface area contributed by atoms with Crippen molar-refractivity contribution in [1.29, 1.82) is 0 Å². The molecular formula is C28H21Cl2N3O2. The molecule has 2 amide bonds. The topological polar surface area (TPSA) is 77.1 Å². The van der Waals surface area contributed by atoms with Gasteiger partial charge in [0, 0.05) is 44.6 Å². The third kappa shape index (κ3) is 4.25. The normalized spacial score (nSPS) is 11.2. The molecule has 0 atom stereocenters. The molecule has 7 heteroatoms. The Morgan fingerprint density at radius 3 is 2.46 bits per heavy atom. The zero-order valence-electron chi connectivity index (χ0n) is 18.8. The highest BCUT2D eigenvalue weighted by molar-refractivity contribution is 6.36. The number of benzene rings is 4. The smallest absolute Gasteiger partial charge is 0.249 e. The van der Waals surface area contributed by atoms with Gasteiger partial charge in [-0.25, -0.2) is 0 Å². The summed E-state index contributed by atoms with van der Waals surface area (Å²) in [6.45, 7) is 1.95. The maximum absolute atomic E-state index is 12.3. The quantitative estimate of drug-likeness (QED) is 0.275. The largest absolute Gasteiger partial charge is 0.366 e. The number of primary amides is 1. The standard InChI is InChI=1S/C28H21Cl2N3O2/c1-16(34)32-24-7-3-2-5-18(24)15-33-25-8-4-6-22(28(31)35)27(25)21-11-9-17(13-26(21)33)20-12-10-19(29)14-23(20)30/h2-14H,15H2,1H3,(H2,31,35)(H,32,34). The van der Waals surface area contributed by atoms with E-state index in [1.807, 2.05) is 54.6 Å². The van der Waals surface area contributed by atoms with Gasteiger partial charge >= 0.3 is 0 Å². The summed E-state index contributed by atoms with van der Waals surface area (Å²) in [5.41, 5.74) is 11.4. The van der Waals surface area contributed by atoms with E-state index in [1.165, 1.54) is 6.92 Å². The number of anilines is 1. The summed E-state index contributed by atoms with van der Waals surface area (Å²) >= 11 is 12.6. The minimum absolute atomic E-state index is 0.143. The Morgan fingerprint density at radius 2 is 1.71 bits per heavy atom. The molecule has 0 aliphatic carbocycles. The zero-order chi connectivity index (χ0) is 24.7. The van der Waals surface area contributed by atoms with Crippen LogP contribution in [0.15, 0.2) is 78.9 Å². The molecule has 0 radical (unpaired) electrons. The molecule has 5 nitrogen and oxygen atoms in total. The van der Waals surface area contributed by atoms with E-state index in [9.17, 15) is 9.59 Å². The number of amides is 2. The van der Waals surface area contributed by atoms with Gasteiger partial charge in [-0.15, -0.1) is 0 Å². The van der Waals surface area contributed by atoms with Gasteiger partial charge in [0.15, 0.2) is 0 Å². The lowest BCUT2D eigenvalue weighted by molar-refractivity contribution is -0.114. The number of carbonyl (C=O) groups excluding carboxylic acids is 2. The van der Waals surface area contributed by atoms with E-state index in [1.54, 1.807) is 18.2 Å². The number of hydrogen-bond acceptors (Lipinski definition) is 2. The number of nitrogens with two attached hydrogens (primary N) is 1. The van der Waals surface area contributed by atoms with Crippen LogP contribution < -0.4 is 11.1 Å². The highest BCUT2D eigenvalue weighted by Gasteiger charge is 2.18. The minimum atomic E-state index is -0.488. The monoisotopic (exact) mass is 501 g/mol. The number of fused-ring (bicyclic) bond motifs is 3. The molecule has 0 spiro atoms. The average molecular weight is 502 g/mol. The number of aromatic nitrogens is 1. The van der Waals surface area contributed by atoms with Crippen molar-refractivity contribution in [3.63, 3.8) is 0 Å². The van der Waals surface area contributed by atoms with Crippen LogP contribution in [-0.2, 0) is 11.3 Å². The maximum atomic E-state index is 12.3. The number of carbonyl (C=O) groups is 2. The van der Waals surface area contributed by atoms with Crippen LogP contribution in [0.3, 0.4) is 0 Å². The van der Waals surface area contributed by atoms with E-state index >= 15 is 0 Å². The van der Waals surface area contributed by atoms with Crippen molar-refractivity contribution in [3.05, 3.63) is 100 Å². The van der Waals surface area contributed by atoms with Crippen molar-refractivity contribution >= 4 is 62.5 Å². The number of nitrogens with zero attached hydrogens (tertiary/aromatic N) is 1. The number of nitrogens with one attached hydrogen (secondary N) is 1. The lowest BCUT2D eigenvalue weighted by atomic mass is 10.0. The Kier molecular flexibility index (Phi) is 5.97. The first-order valence-electron chi connectivity index (χ1n) is 11.0. The molecule has 3 N–H and O–H groups in total. The number of halogens is 2. The first kappa shape index (κ1) is 23.0. The van der Waals surface area contributed by atoms with Crippen LogP contribution in [0.2, 0.25) is 10.0 Å². The van der Waals surface area contributed by atoms with Crippen LogP contribution in [0.25, 0.3) is 32.9 Å². The predicted molar refractivity (Wildman–Crippen MR) is 143 cm³/mol. The van der Waals surface area contributed by atoms with Gasteiger partial charge in [-0.05, 0) is 47.5 Å². The van der Waals surface area contributed by atoms with Crippen LogP contribution in [0.4, 0.5) is 5.69 Å². The summed E-state index contributed by atoms with van der Waals surface area (Å²) in [4.78, 5) is 24.1. The van der Waals surface area contributed by atoms with Gasteiger partial charge in [0.2, 0.25) is 11.8 Å². The molecular weight excluding hydrogens is 481 g/mol. The molecule has 5 aromatic rings. The van der Waals surface area contributed by atoms with E-state index in [0.717, 1.165) is 44.2 Å². The van der Waals surface area contributed by atoms with Crippen LogP contribution in [0, 0.1) is 0 Å². The fourth-order valence-corrected chi connectivity index (χ4v) is 5.07. The Morgan fingerprint density at radius 1 is 0.914 bits per heavy atom. The van der Waals surface area contributed by atoms with Gasteiger partial charge in [0.25, 0.3) is 0 Å². The zero-order valence-corrected chi connectivity index (χ0v) is 20.3. The van der Waals surface area contributed by atoms with Crippen LogP contribution in [0.1, 0.15) is 22.8 Å². The van der Waals surface area contributed by atoms with E-state index in [-0.39, 0.29) is 5.91 Å². The van der Waals surface area contributed by atoms with E-state index in [2.05, 4.69) is 16.0 Å². The maximum Gasteiger partial charge on any atom is 0.249 e. The van der Waals surface area contributed by atoms with Crippen molar-refractivity contribution in [3.8, 4) is 11.1 Å². The molecule has 0 fully saturated rings. The van der Waals surface area contributed by atoms with E-state index in [0.29, 0.717) is 22.2 Å². The van der Waals surface area contributed by atoms with Gasteiger partial charge in [-0.3, -0.25) is 9.59 Å². The van der Waals surface area contributed by atoms with Crippen molar-refractivity contribution in [2.24, 2.45) is 5.73 Å². The summed E-state index contributed by atoms with van der Waals surface area (Å²) < 4.78 is 2.13. The minimum Gasteiger partial charge on any atom is -0.366 e. The van der Waals surface area contributed by atoms with Gasteiger partial charge < -0.3 is 15.6 Å². The van der Waals surface area contributed by atoms with Gasteiger partial charge in [-0.1, -0.05) is 65.7 Å². The van der Waals surface area contributed by atoms with E-state index < -0.39 is 5.91 Å². The lowest BCUT2D eigenvalue weighted by Gasteiger charge is -2.13. The Hall–Kier alpha value is -3.80. The fraction of sp³-hybridized carbons (Fsp3) is 0.0714. The molecule has 4 aromatic carbocycles. The molecule has 1 heterocycles. The molecule has 0 unspecified atom stereocenters. The summed E-state index contributed by atoms with van der Waals surface area (Å²) in [7, 11) is 0. The summed E-state index contributed by atoms with van der Waals surface area (Å²) in [5.74, 6) is -0.631. The molecule has 174 valence electrons. The summed E-state index contributed by atoms with van der Waals surface area (Å²) in [6, 6.07) is 24.6. The van der Waals surface area contributed by atoms with Gasteiger partial charge in [-0.2, -0.15) is 0 Å². The lowest BCUT2D eigenvalue weighted by Crippen LogP contribution is -2.11. The van der Waals surface area contributed by atoms with E-state index in [4.69, 9.17) is 28.9 Å². The van der Waals surface area contributed by atoms with Crippen molar-refractivity contribution in [2.45, 2.75) is 13.5 Å². The average Bonchev–Trinajstić information content (AvgIpc) is 3.13. The SMILES string of the molecule is CC(=O)Nc1ccccc1Cn1c2cc(-c3ccc(Cl)cc3Cl)ccc2c2c(C(N)=O)cccc21. The van der Waals surface area contributed by atoms with Gasteiger partial charge in [0.1, 0.15) is 0 Å². The second-order valence-corrected chi connectivity index (χ2v) is 9.19. The highest BCUT2D eigenvalue weighted by atomic mass is 35.5. The number of hydrogen-bond donors (Lipinski definition) is 2. The molecule has 5 rings (SSSR count). The fourth-order valence-electron chi connectivity index (χ4n) is 4.55. The van der Waals surface area contributed by atoms with Gasteiger partial charge in [0.05, 0.1) is 17.6 Å². The first-order valence-corrected chi connectivity index (χ1v) is 11.7. The summed E-state index contributed by atoms with van der Waals surface area (Å²) in [5, 5.41) is 5.71. The molecule has 0 bridgehead atoms. The third-order valence-corrected chi connectivity index (χ3v) is 6.60. The predicted octanol–water partition coefficient (Wildman–Crippen LogP) is 6.87. The molecule has 0 saturated carbocycles. The first-order chi connectivity index (χ1) is 16.8. The second kappa shape index (κ2) is 9.10. The van der Waals surface area contributed by atoms with Crippen LogP contribution in [0.5, 0.6) is 0 Å². The molecule has 0 aliphatic rings. The van der Waals surface area contributed by atoms with Crippen molar-refractivity contribution < 1.29 is 9.59 Å². The van der Waals surface area contributed by atoms with Crippen molar-refractivity contribution in [2.75, 3.05) is 5.32 Å². The Labute approximate surface area is 212 Å². The third-order valence-electron chi connectivity index (χ3n) is 6.06.